The van der Waals surface area contributed by atoms with Crippen molar-refractivity contribution in [2.45, 2.75) is 6.92 Å². The Morgan fingerprint density at radius 3 is 2.33 bits per heavy atom. The molecule has 0 aliphatic rings. The molecular formula is C21H18N6O2S. The number of carbonyl (C=O) groups excluding carboxylic acids is 2. The van der Waals surface area contributed by atoms with Crippen LogP contribution in [0, 0.1) is 6.92 Å². The first kappa shape index (κ1) is 19.3. The number of rotatable bonds is 4. The number of nitrogens with zero attached hydrogens (tertiary/aromatic N) is 2. The van der Waals surface area contributed by atoms with Crippen molar-refractivity contribution in [2.75, 3.05) is 21.7 Å². The number of anilines is 4. The first-order valence-corrected chi connectivity index (χ1v) is 9.91. The van der Waals surface area contributed by atoms with E-state index in [1.54, 1.807) is 29.6 Å². The standard InChI is InChI=1S/C21H18N6O2S/c1-12-4-2-5-13(8-12)26-21(29)27-15-7-3-6-14(9-15)25-19(28)16-10-30-20-17(16)18(22)23-11-24-20/h2-11H,1H3,(H,25,28)(H2,22,23,24)(H2,26,27,29). The Kier molecular flexibility index (Phi) is 5.27. The number of hydrogen-bond acceptors (Lipinski definition) is 6. The summed E-state index contributed by atoms with van der Waals surface area (Å²) < 4.78 is 0. The molecule has 0 spiro atoms. The highest BCUT2D eigenvalue weighted by Gasteiger charge is 2.16. The van der Waals surface area contributed by atoms with Crippen LogP contribution < -0.4 is 21.7 Å². The van der Waals surface area contributed by atoms with Crippen LogP contribution in [0.25, 0.3) is 10.2 Å². The highest BCUT2D eigenvalue weighted by molar-refractivity contribution is 7.17. The van der Waals surface area contributed by atoms with Gasteiger partial charge in [-0.1, -0.05) is 18.2 Å². The molecule has 0 fully saturated rings. The molecule has 9 heteroatoms. The molecule has 0 radical (unpaired) electrons. The zero-order valence-corrected chi connectivity index (χ0v) is 16.8. The second-order valence-corrected chi connectivity index (χ2v) is 7.43. The van der Waals surface area contributed by atoms with Crippen LogP contribution in [-0.2, 0) is 0 Å². The van der Waals surface area contributed by atoms with Gasteiger partial charge in [-0.25, -0.2) is 14.8 Å². The highest BCUT2D eigenvalue weighted by atomic mass is 32.1. The average molecular weight is 418 g/mol. The molecule has 0 bridgehead atoms. The van der Waals surface area contributed by atoms with Crippen LogP contribution in [0.4, 0.5) is 27.7 Å². The number of amides is 3. The maximum absolute atomic E-state index is 12.7. The van der Waals surface area contributed by atoms with Gasteiger partial charge in [-0.05, 0) is 42.8 Å². The van der Waals surface area contributed by atoms with E-state index in [2.05, 4.69) is 25.9 Å². The topological polar surface area (TPSA) is 122 Å². The summed E-state index contributed by atoms with van der Waals surface area (Å²) in [5.41, 5.74) is 9.12. The maximum atomic E-state index is 12.7. The highest BCUT2D eigenvalue weighted by Crippen LogP contribution is 2.28. The van der Waals surface area contributed by atoms with E-state index in [4.69, 9.17) is 5.73 Å². The zero-order valence-electron chi connectivity index (χ0n) is 16.0. The second-order valence-electron chi connectivity index (χ2n) is 6.57. The number of thiophene rings is 1. The van der Waals surface area contributed by atoms with Crippen LogP contribution in [0.3, 0.4) is 0 Å². The van der Waals surface area contributed by atoms with E-state index in [0.717, 1.165) is 5.56 Å². The first-order valence-electron chi connectivity index (χ1n) is 9.03. The predicted molar refractivity (Wildman–Crippen MR) is 120 cm³/mol. The van der Waals surface area contributed by atoms with E-state index >= 15 is 0 Å². The van der Waals surface area contributed by atoms with Crippen molar-refractivity contribution >= 4 is 56.4 Å². The predicted octanol–water partition coefficient (Wildman–Crippen LogP) is 4.48. The normalized spacial score (nSPS) is 10.6. The fourth-order valence-corrected chi connectivity index (χ4v) is 3.85. The van der Waals surface area contributed by atoms with Crippen LogP contribution in [0.1, 0.15) is 15.9 Å². The number of nitrogens with two attached hydrogens (primary N) is 1. The molecule has 3 amide bonds. The van der Waals surface area contributed by atoms with Gasteiger partial charge in [-0.3, -0.25) is 4.79 Å². The Hall–Kier alpha value is -3.98. The van der Waals surface area contributed by atoms with Gasteiger partial charge >= 0.3 is 6.03 Å². The first-order chi connectivity index (χ1) is 14.5. The molecular weight excluding hydrogens is 400 g/mol. The Balaban J connectivity index is 1.46. The molecule has 4 rings (SSSR count). The molecule has 0 aliphatic heterocycles. The molecule has 0 unspecified atom stereocenters. The number of urea groups is 1. The van der Waals surface area contributed by atoms with E-state index in [1.165, 1.54) is 17.7 Å². The lowest BCUT2D eigenvalue weighted by Crippen LogP contribution is -2.19. The van der Waals surface area contributed by atoms with E-state index in [0.29, 0.717) is 32.8 Å². The Morgan fingerprint density at radius 1 is 0.933 bits per heavy atom. The summed E-state index contributed by atoms with van der Waals surface area (Å²) in [5, 5.41) is 10.6. The summed E-state index contributed by atoms with van der Waals surface area (Å²) in [4.78, 5) is 33.7. The Morgan fingerprint density at radius 2 is 1.60 bits per heavy atom. The monoisotopic (exact) mass is 418 g/mol. The SMILES string of the molecule is Cc1cccc(NC(=O)Nc2cccc(NC(=O)c3csc4ncnc(N)c34)c2)c1. The van der Waals surface area contributed by atoms with Crippen molar-refractivity contribution in [3.8, 4) is 0 Å². The van der Waals surface area contributed by atoms with Crippen LogP contribution in [-0.4, -0.2) is 21.9 Å². The largest absolute Gasteiger partial charge is 0.383 e. The van der Waals surface area contributed by atoms with Gasteiger partial charge in [0.25, 0.3) is 5.91 Å². The van der Waals surface area contributed by atoms with Gasteiger partial charge in [0.05, 0.1) is 10.9 Å². The minimum absolute atomic E-state index is 0.259. The van der Waals surface area contributed by atoms with Crippen molar-refractivity contribution in [1.82, 2.24) is 9.97 Å². The van der Waals surface area contributed by atoms with Crippen molar-refractivity contribution in [3.63, 3.8) is 0 Å². The van der Waals surface area contributed by atoms with E-state index < -0.39 is 0 Å². The lowest BCUT2D eigenvalue weighted by Gasteiger charge is -2.10. The summed E-state index contributed by atoms with van der Waals surface area (Å²) in [6.07, 6.45) is 1.37. The van der Waals surface area contributed by atoms with Gasteiger partial charge < -0.3 is 21.7 Å². The number of benzene rings is 2. The maximum Gasteiger partial charge on any atom is 0.323 e. The molecule has 8 nitrogen and oxygen atoms in total. The quantitative estimate of drug-likeness (QED) is 0.389. The molecule has 150 valence electrons. The van der Waals surface area contributed by atoms with Crippen molar-refractivity contribution in [1.29, 1.82) is 0 Å². The summed E-state index contributed by atoms with van der Waals surface area (Å²) in [5.74, 6) is -0.0706. The molecule has 30 heavy (non-hydrogen) atoms. The molecule has 5 N–H and O–H groups in total. The number of aromatic nitrogens is 2. The van der Waals surface area contributed by atoms with Crippen LogP contribution in [0.15, 0.2) is 60.2 Å². The summed E-state index contributed by atoms with van der Waals surface area (Å²) in [6.45, 7) is 1.95. The number of aryl methyl sites for hydroxylation is 1. The van der Waals surface area contributed by atoms with Crippen molar-refractivity contribution < 1.29 is 9.59 Å². The van der Waals surface area contributed by atoms with Gasteiger partial charge in [0.15, 0.2) is 0 Å². The molecule has 2 aromatic carbocycles. The third kappa shape index (κ3) is 4.20. The van der Waals surface area contributed by atoms with Gasteiger partial charge in [-0.2, -0.15) is 0 Å². The molecule has 2 aromatic heterocycles. The minimum atomic E-state index is -0.377. The van der Waals surface area contributed by atoms with Gasteiger partial charge in [-0.15, -0.1) is 11.3 Å². The summed E-state index contributed by atoms with van der Waals surface area (Å²) in [6, 6.07) is 14.0. The Bertz CT molecular complexity index is 1250. The fourth-order valence-electron chi connectivity index (χ4n) is 2.95. The fraction of sp³-hybridized carbons (Fsp3) is 0.0476. The number of nitrogens with one attached hydrogen (secondary N) is 3. The number of fused-ring (bicyclic) bond motifs is 1. The van der Waals surface area contributed by atoms with Gasteiger partial charge in [0.2, 0.25) is 0 Å². The zero-order chi connectivity index (χ0) is 21.1. The third-order valence-electron chi connectivity index (χ3n) is 4.30. The second kappa shape index (κ2) is 8.18. The Labute approximate surface area is 176 Å². The van der Waals surface area contributed by atoms with E-state index in [-0.39, 0.29) is 17.8 Å². The van der Waals surface area contributed by atoms with Crippen molar-refractivity contribution in [3.05, 3.63) is 71.4 Å². The van der Waals surface area contributed by atoms with Crippen LogP contribution in [0.2, 0.25) is 0 Å². The lowest BCUT2D eigenvalue weighted by molar-refractivity contribution is 0.102. The molecule has 0 aliphatic carbocycles. The molecule has 0 atom stereocenters. The van der Waals surface area contributed by atoms with Gasteiger partial charge in [0, 0.05) is 22.4 Å². The minimum Gasteiger partial charge on any atom is -0.383 e. The van der Waals surface area contributed by atoms with Crippen molar-refractivity contribution in [2.24, 2.45) is 0 Å². The molecule has 2 heterocycles. The van der Waals surface area contributed by atoms with Gasteiger partial charge in [0.1, 0.15) is 17.0 Å². The number of nitrogen functional groups attached to an aromatic ring is 1. The smallest absolute Gasteiger partial charge is 0.323 e. The van der Waals surface area contributed by atoms with E-state index in [9.17, 15) is 9.59 Å². The molecule has 4 aromatic rings. The van der Waals surface area contributed by atoms with Crippen LogP contribution >= 0.6 is 11.3 Å². The number of carbonyl (C=O) groups is 2. The molecule has 0 saturated heterocycles. The van der Waals surface area contributed by atoms with E-state index in [1.807, 2.05) is 31.2 Å². The number of hydrogen-bond donors (Lipinski definition) is 4. The van der Waals surface area contributed by atoms with Crippen LogP contribution in [0.5, 0.6) is 0 Å². The third-order valence-corrected chi connectivity index (χ3v) is 5.18. The average Bonchev–Trinajstić information content (AvgIpc) is 3.14. The lowest BCUT2D eigenvalue weighted by atomic mass is 10.2. The summed E-state index contributed by atoms with van der Waals surface area (Å²) >= 11 is 1.32. The molecule has 0 saturated carbocycles. The summed E-state index contributed by atoms with van der Waals surface area (Å²) in [7, 11) is 0.